The average molecular weight is 356 g/mol. The third-order valence-corrected chi connectivity index (χ3v) is 3.97. The van der Waals surface area contributed by atoms with Crippen LogP contribution < -0.4 is 0 Å². The first-order valence-corrected chi connectivity index (χ1v) is 8.19. The van der Waals surface area contributed by atoms with Crippen LogP contribution in [0, 0.1) is 0 Å². The molecular weight excluding hydrogens is 341 g/mol. The van der Waals surface area contributed by atoms with Gasteiger partial charge in [0.15, 0.2) is 5.78 Å². The predicted molar refractivity (Wildman–Crippen MR) is 71.5 cm³/mol. The summed E-state index contributed by atoms with van der Waals surface area (Å²) in [6.07, 6.45) is 3.49. The zero-order valence-corrected chi connectivity index (χ0v) is 12.8. The van der Waals surface area contributed by atoms with E-state index in [9.17, 15) is 36.0 Å². The second-order valence-electron chi connectivity index (χ2n) is 5.02. The maximum Gasteiger partial charge on any atom is 0.534 e. The summed E-state index contributed by atoms with van der Waals surface area (Å²) in [7, 11) is -5.64. The van der Waals surface area contributed by atoms with Gasteiger partial charge in [-0.2, -0.15) is 21.6 Å². The monoisotopic (exact) mass is 356 g/mol. The summed E-state index contributed by atoms with van der Waals surface area (Å²) in [5.41, 5.74) is -5.46. The molecule has 0 radical (unpaired) electrons. The van der Waals surface area contributed by atoms with Crippen LogP contribution in [-0.4, -0.2) is 31.3 Å². The number of rotatable bonds is 2. The van der Waals surface area contributed by atoms with Crippen LogP contribution in [0.1, 0.15) is 44.9 Å². The molecule has 0 aliphatic heterocycles. The van der Waals surface area contributed by atoms with Crippen LogP contribution >= 0.6 is 0 Å². The summed E-state index contributed by atoms with van der Waals surface area (Å²) in [5.74, 6) is -0.667. The molecule has 2 rings (SSSR count). The number of hydrogen-bond acceptors (Lipinski definition) is 6. The Morgan fingerprint density at radius 1 is 0.913 bits per heavy atom. The second-order valence-corrected chi connectivity index (χ2v) is 6.56. The van der Waals surface area contributed by atoms with Crippen LogP contribution in [0.4, 0.5) is 13.2 Å². The molecule has 10 heteroatoms. The van der Waals surface area contributed by atoms with E-state index in [1.54, 1.807) is 0 Å². The average Bonchev–Trinajstić information content (AvgIpc) is 2.37. The summed E-state index contributed by atoms with van der Waals surface area (Å²) >= 11 is 0. The summed E-state index contributed by atoms with van der Waals surface area (Å²) in [6, 6.07) is 0. The highest BCUT2D eigenvalue weighted by Crippen LogP contribution is 2.28. The van der Waals surface area contributed by atoms with Crippen molar-refractivity contribution in [3.8, 4) is 0 Å². The number of allylic oxidation sites excluding steroid dienone is 2. The Balaban J connectivity index is 0.000000277. The van der Waals surface area contributed by atoms with Crippen molar-refractivity contribution < 1.29 is 40.2 Å². The first kappa shape index (κ1) is 19.3. The summed E-state index contributed by atoms with van der Waals surface area (Å²) in [5, 5.41) is 0. The molecule has 2 aliphatic rings. The highest BCUT2D eigenvalue weighted by molar-refractivity contribution is 7.87. The van der Waals surface area contributed by atoms with Crippen LogP contribution in [0.2, 0.25) is 0 Å². The molecule has 0 heterocycles. The standard InChI is InChI=1S/C7H7F3O4S.C6H8O2/c8-7(9,10)15(12,13)14-6-3-1-2-5(11)4-6;7-5-2-1-3-6(8)4-5/h4H,1-3H2;1-4H2. The summed E-state index contributed by atoms with van der Waals surface area (Å²) < 4.78 is 60.4. The minimum Gasteiger partial charge on any atom is -0.380 e. The highest BCUT2D eigenvalue weighted by Gasteiger charge is 2.48. The lowest BCUT2D eigenvalue weighted by atomic mass is 9.98. The van der Waals surface area contributed by atoms with E-state index in [1.807, 2.05) is 0 Å². The normalized spacial score (nSPS) is 19.6. The van der Waals surface area contributed by atoms with E-state index >= 15 is 0 Å². The Labute approximate surface area is 130 Å². The Hall–Kier alpha value is -1.71. The number of carbonyl (C=O) groups is 3. The minimum absolute atomic E-state index is 0.0149. The van der Waals surface area contributed by atoms with E-state index in [4.69, 9.17) is 0 Å². The molecule has 0 N–H and O–H groups in total. The molecule has 23 heavy (non-hydrogen) atoms. The Bertz CT molecular complexity index is 604. The molecule has 0 aromatic rings. The number of carbonyl (C=O) groups excluding carboxylic acids is 3. The van der Waals surface area contributed by atoms with Crippen molar-refractivity contribution in [3.05, 3.63) is 11.8 Å². The number of alkyl halides is 3. The van der Waals surface area contributed by atoms with Gasteiger partial charge in [0.05, 0.1) is 6.42 Å². The fourth-order valence-electron chi connectivity index (χ4n) is 1.89. The molecule has 0 amide bonds. The quantitative estimate of drug-likeness (QED) is 0.428. The van der Waals surface area contributed by atoms with Gasteiger partial charge in [0.25, 0.3) is 0 Å². The van der Waals surface area contributed by atoms with Gasteiger partial charge in [0.1, 0.15) is 17.3 Å². The smallest absolute Gasteiger partial charge is 0.380 e. The molecule has 2 aliphatic carbocycles. The van der Waals surface area contributed by atoms with Crippen LogP contribution in [-0.2, 0) is 28.7 Å². The molecule has 1 fully saturated rings. The van der Waals surface area contributed by atoms with Gasteiger partial charge >= 0.3 is 15.6 Å². The van der Waals surface area contributed by atoms with E-state index in [2.05, 4.69) is 4.18 Å². The maximum absolute atomic E-state index is 11.9. The molecule has 0 aromatic carbocycles. The van der Waals surface area contributed by atoms with Crippen molar-refractivity contribution in [2.24, 2.45) is 0 Å². The first-order valence-electron chi connectivity index (χ1n) is 6.79. The van der Waals surface area contributed by atoms with Gasteiger partial charge in [0.2, 0.25) is 0 Å². The number of ketones is 3. The van der Waals surface area contributed by atoms with Crippen molar-refractivity contribution in [1.82, 2.24) is 0 Å². The maximum atomic E-state index is 11.9. The van der Waals surface area contributed by atoms with Crippen molar-refractivity contribution in [3.63, 3.8) is 0 Å². The van der Waals surface area contributed by atoms with Gasteiger partial charge in [-0.1, -0.05) is 0 Å². The fourth-order valence-corrected chi connectivity index (χ4v) is 2.40. The van der Waals surface area contributed by atoms with Gasteiger partial charge in [0, 0.05) is 31.8 Å². The van der Waals surface area contributed by atoms with Gasteiger partial charge in [-0.15, -0.1) is 0 Å². The molecule has 0 aromatic heterocycles. The van der Waals surface area contributed by atoms with Gasteiger partial charge in [-0.05, 0) is 12.8 Å². The zero-order chi connectivity index (χ0) is 17.7. The summed E-state index contributed by atoms with van der Waals surface area (Å²) in [6.45, 7) is 0. The molecule has 0 bridgehead atoms. The third-order valence-electron chi connectivity index (χ3n) is 2.97. The first-order chi connectivity index (χ1) is 10.5. The Kier molecular flexibility index (Phi) is 6.48. The second kappa shape index (κ2) is 7.71. The van der Waals surface area contributed by atoms with Crippen LogP contribution in [0.25, 0.3) is 0 Å². The van der Waals surface area contributed by atoms with E-state index < -0.39 is 27.2 Å². The fraction of sp³-hybridized carbons (Fsp3) is 0.615. The van der Waals surface area contributed by atoms with Crippen molar-refractivity contribution in [2.45, 2.75) is 50.5 Å². The lowest BCUT2D eigenvalue weighted by Gasteiger charge is -2.14. The highest BCUT2D eigenvalue weighted by atomic mass is 32.2. The molecule has 6 nitrogen and oxygen atoms in total. The molecule has 130 valence electrons. The van der Waals surface area contributed by atoms with Crippen molar-refractivity contribution in [1.29, 1.82) is 0 Å². The lowest BCUT2D eigenvalue weighted by molar-refractivity contribution is -0.129. The molecule has 1 saturated carbocycles. The van der Waals surface area contributed by atoms with Crippen molar-refractivity contribution >= 4 is 27.5 Å². The molecule has 0 spiro atoms. The Morgan fingerprint density at radius 3 is 1.83 bits per heavy atom. The van der Waals surface area contributed by atoms with Gasteiger partial charge in [-0.25, -0.2) is 0 Å². The SMILES string of the molecule is O=C1C=C(OS(=O)(=O)C(F)(F)F)CCC1.O=C1CCCC(=O)C1. The van der Waals surface area contributed by atoms with Crippen LogP contribution in [0.15, 0.2) is 11.8 Å². The molecule has 0 atom stereocenters. The van der Waals surface area contributed by atoms with E-state index in [-0.39, 0.29) is 37.2 Å². The number of hydrogen-bond donors (Lipinski definition) is 0. The molecule has 0 unspecified atom stereocenters. The topological polar surface area (TPSA) is 94.6 Å². The number of halogens is 3. The zero-order valence-electron chi connectivity index (χ0n) is 12.0. The van der Waals surface area contributed by atoms with Crippen LogP contribution in [0.5, 0.6) is 0 Å². The largest absolute Gasteiger partial charge is 0.534 e. The van der Waals surface area contributed by atoms with Crippen LogP contribution in [0.3, 0.4) is 0 Å². The van der Waals surface area contributed by atoms with E-state index in [0.29, 0.717) is 12.8 Å². The van der Waals surface area contributed by atoms with E-state index in [1.165, 1.54) is 0 Å². The lowest BCUT2D eigenvalue weighted by Crippen LogP contribution is -2.26. The van der Waals surface area contributed by atoms with Crippen molar-refractivity contribution in [2.75, 3.05) is 0 Å². The predicted octanol–water partition coefficient (Wildman–Crippen LogP) is 2.19. The Morgan fingerprint density at radius 2 is 1.43 bits per heavy atom. The molecule has 0 saturated heterocycles. The molecular formula is C13H15F3O6S. The third kappa shape index (κ3) is 6.51. The van der Waals surface area contributed by atoms with Gasteiger partial charge in [-0.3, -0.25) is 14.4 Å². The number of Topliss-reactive ketones (excluding diaryl/α,β-unsaturated/α-hetero) is 2. The summed E-state index contributed by atoms with van der Waals surface area (Å²) in [4.78, 5) is 31.7. The van der Waals surface area contributed by atoms with E-state index in [0.717, 1.165) is 12.5 Å². The minimum atomic E-state index is -5.64. The van der Waals surface area contributed by atoms with Gasteiger partial charge < -0.3 is 4.18 Å².